The van der Waals surface area contributed by atoms with Crippen molar-refractivity contribution in [3.63, 3.8) is 0 Å². The van der Waals surface area contributed by atoms with Crippen LogP contribution < -0.4 is 5.56 Å². The highest BCUT2D eigenvalue weighted by Gasteiger charge is 2.06. The number of rotatable bonds is 3. The molecular weight excluding hydrogens is 260 g/mol. The van der Waals surface area contributed by atoms with Crippen molar-refractivity contribution in [3.8, 4) is 0 Å². The van der Waals surface area contributed by atoms with Gasteiger partial charge in [-0.3, -0.25) is 14.0 Å². The monoisotopic (exact) mass is 274 g/mol. The number of aromatic nitrogens is 4. The van der Waals surface area contributed by atoms with Gasteiger partial charge in [-0.25, -0.2) is 4.98 Å². The van der Waals surface area contributed by atoms with Gasteiger partial charge in [0.05, 0.1) is 24.0 Å². The molecule has 6 heteroatoms. The van der Waals surface area contributed by atoms with Crippen molar-refractivity contribution in [3.05, 3.63) is 45.6 Å². The number of aryl methyl sites for hydroxylation is 4. The highest BCUT2D eigenvalue weighted by Crippen LogP contribution is 2.13. The molecule has 3 rings (SSSR count). The maximum Gasteiger partial charge on any atom is 0.262 e. The first kappa shape index (κ1) is 12.1. The normalized spacial score (nSPS) is 11.3. The van der Waals surface area contributed by atoms with E-state index in [1.165, 1.54) is 11.3 Å². The summed E-state index contributed by atoms with van der Waals surface area (Å²) in [7, 11) is 0. The van der Waals surface area contributed by atoms with Gasteiger partial charge in [-0.1, -0.05) is 0 Å². The van der Waals surface area contributed by atoms with Crippen molar-refractivity contribution < 1.29 is 0 Å². The molecule has 98 valence electrons. The Labute approximate surface area is 114 Å². The summed E-state index contributed by atoms with van der Waals surface area (Å²) in [5.74, 6) is 0. The van der Waals surface area contributed by atoms with E-state index in [1.807, 2.05) is 36.0 Å². The molecule has 0 fully saturated rings. The third-order valence-electron chi connectivity index (χ3n) is 3.11. The first-order valence-corrected chi connectivity index (χ1v) is 6.97. The minimum atomic E-state index is 0.0211. The van der Waals surface area contributed by atoms with Gasteiger partial charge in [0.1, 0.15) is 4.83 Å². The summed E-state index contributed by atoms with van der Waals surface area (Å²) in [6, 6.07) is 3.86. The quantitative estimate of drug-likeness (QED) is 0.733. The standard InChI is InChI=1S/C13H14N4OS/c1-9-7-10(2)17(15-9)5-4-16-8-14-12-11(13(16)18)3-6-19-12/h3,6-8H,4-5H2,1-2H3. The minimum Gasteiger partial charge on any atom is -0.297 e. The first-order chi connectivity index (χ1) is 9.15. The zero-order valence-corrected chi connectivity index (χ0v) is 11.6. The van der Waals surface area contributed by atoms with Crippen LogP contribution in [-0.2, 0) is 13.1 Å². The molecule has 0 aliphatic carbocycles. The van der Waals surface area contributed by atoms with Crippen molar-refractivity contribution in [1.29, 1.82) is 0 Å². The van der Waals surface area contributed by atoms with Gasteiger partial charge in [0.15, 0.2) is 0 Å². The molecule has 0 unspecified atom stereocenters. The van der Waals surface area contributed by atoms with Crippen LogP contribution in [0.5, 0.6) is 0 Å². The van der Waals surface area contributed by atoms with E-state index in [-0.39, 0.29) is 5.56 Å². The average molecular weight is 274 g/mol. The van der Waals surface area contributed by atoms with Crippen LogP contribution in [0.15, 0.2) is 28.6 Å². The molecule has 3 aromatic rings. The molecule has 5 nitrogen and oxygen atoms in total. The van der Waals surface area contributed by atoms with E-state index in [2.05, 4.69) is 10.1 Å². The summed E-state index contributed by atoms with van der Waals surface area (Å²) < 4.78 is 3.56. The van der Waals surface area contributed by atoms with Crippen LogP contribution in [-0.4, -0.2) is 19.3 Å². The molecule has 0 aliphatic heterocycles. The molecule has 3 heterocycles. The van der Waals surface area contributed by atoms with E-state index in [9.17, 15) is 4.79 Å². The molecule has 0 bridgehead atoms. The third-order valence-corrected chi connectivity index (χ3v) is 3.93. The summed E-state index contributed by atoms with van der Waals surface area (Å²) in [6.07, 6.45) is 1.62. The summed E-state index contributed by atoms with van der Waals surface area (Å²) in [5, 5.41) is 6.98. The fraction of sp³-hybridized carbons (Fsp3) is 0.308. The van der Waals surface area contributed by atoms with E-state index >= 15 is 0 Å². The van der Waals surface area contributed by atoms with Crippen molar-refractivity contribution >= 4 is 21.6 Å². The van der Waals surface area contributed by atoms with Crippen LogP contribution in [0.3, 0.4) is 0 Å². The highest BCUT2D eigenvalue weighted by molar-refractivity contribution is 7.16. The average Bonchev–Trinajstić information content (AvgIpc) is 2.96. The lowest BCUT2D eigenvalue weighted by atomic mass is 10.4. The van der Waals surface area contributed by atoms with E-state index in [1.54, 1.807) is 10.9 Å². The Kier molecular flexibility index (Phi) is 2.94. The van der Waals surface area contributed by atoms with Crippen LogP contribution in [0.4, 0.5) is 0 Å². The van der Waals surface area contributed by atoms with Crippen LogP contribution in [0.1, 0.15) is 11.4 Å². The van der Waals surface area contributed by atoms with E-state index in [4.69, 9.17) is 0 Å². The van der Waals surface area contributed by atoms with E-state index in [0.29, 0.717) is 18.5 Å². The zero-order chi connectivity index (χ0) is 13.4. The van der Waals surface area contributed by atoms with Crippen LogP contribution in [0.2, 0.25) is 0 Å². The fourth-order valence-corrected chi connectivity index (χ4v) is 2.88. The Morgan fingerprint density at radius 1 is 1.32 bits per heavy atom. The van der Waals surface area contributed by atoms with Gasteiger partial charge in [0.25, 0.3) is 5.56 Å². The molecule has 0 saturated heterocycles. The molecule has 0 spiro atoms. The van der Waals surface area contributed by atoms with Gasteiger partial charge < -0.3 is 0 Å². The molecule has 0 aliphatic rings. The van der Waals surface area contributed by atoms with Crippen molar-refractivity contribution in [2.45, 2.75) is 26.9 Å². The Morgan fingerprint density at radius 2 is 2.16 bits per heavy atom. The zero-order valence-electron chi connectivity index (χ0n) is 10.8. The highest BCUT2D eigenvalue weighted by atomic mass is 32.1. The van der Waals surface area contributed by atoms with Crippen molar-refractivity contribution in [1.82, 2.24) is 19.3 Å². The fourth-order valence-electron chi connectivity index (χ4n) is 2.16. The van der Waals surface area contributed by atoms with Crippen LogP contribution in [0, 0.1) is 13.8 Å². The molecular formula is C13H14N4OS. The molecule has 3 aromatic heterocycles. The molecule has 0 radical (unpaired) electrons. The van der Waals surface area contributed by atoms with Gasteiger partial charge >= 0.3 is 0 Å². The second-order valence-electron chi connectivity index (χ2n) is 4.53. The van der Waals surface area contributed by atoms with E-state index in [0.717, 1.165) is 16.2 Å². The predicted molar refractivity (Wildman–Crippen MR) is 75.6 cm³/mol. The molecule has 19 heavy (non-hydrogen) atoms. The predicted octanol–water partition coefficient (Wildman–Crippen LogP) is 1.97. The number of hydrogen-bond donors (Lipinski definition) is 0. The third kappa shape index (κ3) is 2.19. The molecule has 0 N–H and O–H groups in total. The minimum absolute atomic E-state index is 0.0211. The van der Waals surface area contributed by atoms with Gasteiger partial charge in [-0.2, -0.15) is 5.10 Å². The molecule has 0 aromatic carbocycles. The SMILES string of the molecule is Cc1cc(C)n(CCn2cnc3sccc3c2=O)n1. The number of hydrogen-bond acceptors (Lipinski definition) is 4. The summed E-state index contributed by atoms with van der Waals surface area (Å²) in [6.45, 7) is 5.24. The van der Waals surface area contributed by atoms with Gasteiger partial charge in [0, 0.05) is 12.2 Å². The van der Waals surface area contributed by atoms with Crippen LogP contribution in [0.25, 0.3) is 10.2 Å². The Bertz CT molecular complexity index is 783. The van der Waals surface area contributed by atoms with Gasteiger partial charge in [0.2, 0.25) is 0 Å². The second kappa shape index (κ2) is 4.62. The second-order valence-corrected chi connectivity index (χ2v) is 5.43. The number of nitrogens with zero attached hydrogens (tertiary/aromatic N) is 4. The first-order valence-electron chi connectivity index (χ1n) is 6.09. The van der Waals surface area contributed by atoms with Gasteiger partial charge in [-0.05, 0) is 31.4 Å². The summed E-state index contributed by atoms with van der Waals surface area (Å²) in [5.41, 5.74) is 2.12. The van der Waals surface area contributed by atoms with Crippen molar-refractivity contribution in [2.24, 2.45) is 0 Å². The number of thiophene rings is 1. The largest absolute Gasteiger partial charge is 0.297 e. The smallest absolute Gasteiger partial charge is 0.262 e. The Morgan fingerprint density at radius 3 is 2.89 bits per heavy atom. The van der Waals surface area contributed by atoms with E-state index < -0.39 is 0 Å². The lowest BCUT2D eigenvalue weighted by molar-refractivity contribution is 0.510. The topological polar surface area (TPSA) is 52.7 Å². The van der Waals surface area contributed by atoms with Crippen molar-refractivity contribution in [2.75, 3.05) is 0 Å². The Hall–Kier alpha value is -1.95. The Balaban J connectivity index is 1.87. The molecule has 0 atom stereocenters. The maximum absolute atomic E-state index is 12.2. The lowest BCUT2D eigenvalue weighted by Crippen LogP contribution is -2.22. The maximum atomic E-state index is 12.2. The lowest BCUT2D eigenvalue weighted by Gasteiger charge is -2.07. The molecule has 0 saturated carbocycles. The van der Waals surface area contributed by atoms with Crippen LogP contribution >= 0.6 is 11.3 Å². The molecule has 0 amide bonds. The summed E-state index contributed by atoms with van der Waals surface area (Å²) in [4.78, 5) is 17.3. The van der Waals surface area contributed by atoms with Gasteiger partial charge in [-0.15, -0.1) is 11.3 Å². The summed E-state index contributed by atoms with van der Waals surface area (Å²) >= 11 is 1.49. The number of fused-ring (bicyclic) bond motifs is 1.